The van der Waals surface area contributed by atoms with E-state index in [2.05, 4.69) is 5.32 Å². The van der Waals surface area contributed by atoms with Crippen LogP contribution in [0.2, 0.25) is 5.02 Å². The molecule has 8 nitrogen and oxygen atoms in total. The Morgan fingerprint density at radius 1 is 1.26 bits per heavy atom. The first kappa shape index (κ1) is 23.2. The van der Waals surface area contributed by atoms with Crippen LogP contribution in [0.3, 0.4) is 0 Å². The summed E-state index contributed by atoms with van der Waals surface area (Å²) in [7, 11) is 0. The number of halogens is 1. The van der Waals surface area contributed by atoms with Gasteiger partial charge in [0.15, 0.2) is 12.4 Å². The number of fused-ring (bicyclic) bond motifs is 2. The van der Waals surface area contributed by atoms with Gasteiger partial charge in [-0.25, -0.2) is 0 Å². The van der Waals surface area contributed by atoms with Crippen molar-refractivity contribution in [3.63, 3.8) is 0 Å². The molecule has 35 heavy (non-hydrogen) atoms. The first-order chi connectivity index (χ1) is 16.8. The molecular formula is C25H21ClN2O6S. The molecule has 0 spiro atoms. The molecule has 0 saturated carbocycles. The number of aryl methyl sites for hydroxylation is 2. The number of ether oxygens (including phenoxy) is 1. The van der Waals surface area contributed by atoms with Crippen LogP contribution in [0, 0.1) is 6.92 Å². The quantitative estimate of drug-likeness (QED) is 0.371. The Morgan fingerprint density at radius 3 is 2.80 bits per heavy atom. The summed E-state index contributed by atoms with van der Waals surface area (Å²) in [5.74, 6) is -0.968. The number of anilines is 1. The molecular weight excluding hydrogens is 492 g/mol. The van der Waals surface area contributed by atoms with Crippen LogP contribution in [-0.4, -0.2) is 18.4 Å². The third-order valence-corrected chi connectivity index (χ3v) is 7.51. The average Bonchev–Trinajstić information content (AvgIpc) is 3.47. The molecule has 1 aromatic carbocycles. The zero-order valence-electron chi connectivity index (χ0n) is 18.7. The van der Waals surface area contributed by atoms with E-state index in [1.807, 2.05) is 0 Å². The number of carbonyl (C=O) groups is 2. The summed E-state index contributed by atoms with van der Waals surface area (Å²) in [4.78, 5) is 39.2. The Hall–Kier alpha value is -3.56. The monoisotopic (exact) mass is 512 g/mol. The van der Waals surface area contributed by atoms with Crippen LogP contribution in [0.5, 0.6) is 5.75 Å². The Kier molecular flexibility index (Phi) is 6.12. The number of carbonyl (C=O) groups excluding carboxylic acids is 2. The Balaban J connectivity index is 1.46. The third kappa shape index (κ3) is 4.33. The van der Waals surface area contributed by atoms with E-state index in [1.165, 1.54) is 23.7 Å². The first-order valence-electron chi connectivity index (χ1n) is 11.0. The molecule has 2 amide bonds. The SMILES string of the molecule is Cc1cc2oc(-c3ccco3)c(OCC(=O)Nc3sc4c(c3C(N)=O)CCCC4)c(=O)c2cc1Cl. The van der Waals surface area contributed by atoms with Crippen LogP contribution in [-0.2, 0) is 17.6 Å². The molecule has 1 aliphatic carbocycles. The highest BCUT2D eigenvalue weighted by Crippen LogP contribution is 2.38. The second-order valence-corrected chi connectivity index (χ2v) is 9.79. The van der Waals surface area contributed by atoms with Crippen molar-refractivity contribution in [1.82, 2.24) is 0 Å². The molecule has 1 aliphatic rings. The maximum absolute atomic E-state index is 13.3. The fraction of sp³-hybridized carbons (Fsp3) is 0.240. The standard InChI is InChI=1S/C25H21ClN2O6S/c1-12-9-17-14(10-15(12)26)21(30)23(22(34-17)16-6-4-8-32-16)33-11-19(29)28-25-20(24(27)31)13-5-2-3-7-18(13)35-25/h4,6,8-10H,2-3,5,7,11H2,1H3,(H2,27,31)(H,28,29). The van der Waals surface area contributed by atoms with Crippen LogP contribution in [0.1, 0.15) is 39.2 Å². The Morgan fingerprint density at radius 2 is 2.06 bits per heavy atom. The third-order valence-electron chi connectivity index (χ3n) is 5.89. The number of amides is 2. The van der Waals surface area contributed by atoms with E-state index in [0.717, 1.165) is 41.7 Å². The molecule has 0 saturated heterocycles. The van der Waals surface area contributed by atoms with Crippen LogP contribution >= 0.6 is 22.9 Å². The molecule has 0 bridgehead atoms. The van der Waals surface area contributed by atoms with Crippen molar-refractivity contribution in [2.75, 3.05) is 11.9 Å². The summed E-state index contributed by atoms with van der Waals surface area (Å²) in [6.07, 6.45) is 5.03. The highest BCUT2D eigenvalue weighted by atomic mass is 35.5. The van der Waals surface area contributed by atoms with E-state index in [4.69, 9.17) is 30.9 Å². The van der Waals surface area contributed by atoms with Crippen molar-refractivity contribution >= 4 is 50.7 Å². The van der Waals surface area contributed by atoms with E-state index in [0.29, 0.717) is 21.2 Å². The van der Waals surface area contributed by atoms with Gasteiger partial charge < -0.3 is 24.6 Å². The molecule has 0 fully saturated rings. The van der Waals surface area contributed by atoms with Crippen LogP contribution in [0.15, 0.2) is 44.2 Å². The first-order valence-corrected chi connectivity index (χ1v) is 12.2. The number of nitrogens with two attached hydrogens (primary N) is 1. The molecule has 0 radical (unpaired) electrons. The van der Waals surface area contributed by atoms with Gasteiger partial charge in [-0.3, -0.25) is 14.4 Å². The minimum absolute atomic E-state index is 0.0615. The molecule has 180 valence electrons. The van der Waals surface area contributed by atoms with E-state index in [9.17, 15) is 14.4 Å². The lowest BCUT2D eigenvalue weighted by molar-refractivity contribution is -0.118. The van der Waals surface area contributed by atoms with Crippen LogP contribution in [0.25, 0.3) is 22.5 Å². The number of hydrogen-bond donors (Lipinski definition) is 2. The summed E-state index contributed by atoms with van der Waals surface area (Å²) in [5.41, 5.74) is 7.43. The van der Waals surface area contributed by atoms with Crippen molar-refractivity contribution in [1.29, 1.82) is 0 Å². The highest BCUT2D eigenvalue weighted by molar-refractivity contribution is 7.17. The van der Waals surface area contributed by atoms with E-state index >= 15 is 0 Å². The van der Waals surface area contributed by atoms with Gasteiger partial charge in [-0.1, -0.05) is 11.6 Å². The molecule has 3 aromatic heterocycles. The number of thiophene rings is 1. The fourth-order valence-corrected chi connectivity index (χ4v) is 5.69. The predicted octanol–water partition coefficient (Wildman–Crippen LogP) is 5.07. The van der Waals surface area contributed by atoms with Gasteiger partial charge in [0.25, 0.3) is 11.8 Å². The molecule has 5 rings (SSSR count). The van der Waals surface area contributed by atoms with Gasteiger partial charge in [-0.15, -0.1) is 11.3 Å². The number of furan rings is 1. The van der Waals surface area contributed by atoms with Gasteiger partial charge in [0.1, 0.15) is 10.6 Å². The second kappa shape index (κ2) is 9.24. The molecule has 0 aliphatic heterocycles. The molecule has 0 unspecified atom stereocenters. The van der Waals surface area contributed by atoms with Gasteiger partial charge in [-0.2, -0.15) is 0 Å². The van der Waals surface area contributed by atoms with Crippen LogP contribution in [0.4, 0.5) is 5.00 Å². The maximum atomic E-state index is 13.3. The Labute approximate surface area is 208 Å². The van der Waals surface area contributed by atoms with Crippen molar-refractivity contribution < 1.29 is 23.2 Å². The number of hydrogen-bond acceptors (Lipinski definition) is 7. The molecule has 3 N–H and O–H groups in total. The molecule has 0 atom stereocenters. The van der Waals surface area contributed by atoms with Gasteiger partial charge in [0.2, 0.25) is 16.9 Å². The maximum Gasteiger partial charge on any atom is 0.262 e. The van der Waals surface area contributed by atoms with Gasteiger partial charge >= 0.3 is 0 Å². The lowest BCUT2D eigenvalue weighted by atomic mass is 9.95. The highest BCUT2D eigenvalue weighted by Gasteiger charge is 2.26. The van der Waals surface area contributed by atoms with Gasteiger partial charge in [0.05, 0.1) is 17.2 Å². The number of benzene rings is 1. The summed E-state index contributed by atoms with van der Waals surface area (Å²) < 4.78 is 17.0. The number of primary amides is 1. The van der Waals surface area contributed by atoms with E-state index in [1.54, 1.807) is 25.1 Å². The largest absolute Gasteiger partial charge is 0.476 e. The van der Waals surface area contributed by atoms with Crippen molar-refractivity contribution in [2.45, 2.75) is 32.6 Å². The topological polar surface area (TPSA) is 125 Å². The zero-order valence-corrected chi connectivity index (χ0v) is 20.3. The molecule has 3 heterocycles. The minimum Gasteiger partial charge on any atom is -0.476 e. The summed E-state index contributed by atoms with van der Waals surface area (Å²) in [5, 5.41) is 3.74. The lowest BCUT2D eigenvalue weighted by Crippen LogP contribution is -2.24. The summed E-state index contributed by atoms with van der Waals surface area (Å²) >= 11 is 7.56. The zero-order chi connectivity index (χ0) is 24.7. The summed E-state index contributed by atoms with van der Waals surface area (Å²) in [6, 6.07) is 6.43. The van der Waals surface area contributed by atoms with Gasteiger partial charge in [0, 0.05) is 9.90 Å². The lowest BCUT2D eigenvalue weighted by Gasteiger charge is -2.12. The summed E-state index contributed by atoms with van der Waals surface area (Å²) in [6.45, 7) is 1.30. The normalized spacial score (nSPS) is 13.0. The molecule has 4 aromatic rings. The van der Waals surface area contributed by atoms with Crippen LogP contribution < -0.4 is 21.2 Å². The van der Waals surface area contributed by atoms with Gasteiger partial charge in [-0.05, 0) is 68.0 Å². The van der Waals surface area contributed by atoms with Crippen molar-refractivity contribution in [2.24, 2.45) is 5.73 Å². The predicted molar refractivity (Wildman–Crippen MR) is 134 cm³/mol. The van der Waals surface area contributed by atoms with E-state index in [-0.39, 0.29) is 22.7 Å². The Bertz CT molecular complexity index is 1520. The minimum atomic E-state index is -0.580. The molecule has 10 heteroatoms. The smallest absolute Gasteiger partial charge is 0.262 e. The number of rotatable bonds is 6. The second-order valence-electron chi connectivity index (χ2n) is 8.28. The fourth-order valence-electron chi connectivity index (χ4n) is 4.21. The average molecular weight is 513 g/mol. The van der Waals surface area contributed by atoms with E-state index < -0.39 is 23.9 Å². The van der Waals surface area contributed by atoms with Crippen molar-refractivity contribution in [3.05, 3.63) is 67.3 Å². The number of nitrogens with one attached hydrogen (secondary N) is 1. The van der Waals surface area contributed by atoms with Crippen molar-refractivity contribution in [3.8, 4) is 17.3 Å².